The second-order valence-electron chi connectivity index (χ2n) is 5.06. The Balaban J connectivity index is 1.91. The SMILES string of the molecule is COCCOc1cccc(NC(=O)C2NCCC2C)c1. The minimum absolute atomic E-state index is 0.0176. The summed E-state index contributed by atoms with van der Waals surface area (Å²) >= 11 is 0. The number of ether oxygens (including phenoxy) is 2. The third-order valence-electron chi connectivity index (χ3n) is 3.47. The summed E-state index contributed by atoms with van der Waals surface area (Å²) in [6, 6.07) is 7.31. The van der Waals surface area contributed by atoms with E-state index in [1.54, 1.807) is 7.11 Å². The van der Waals surface area contributed by atoms with Crippen LogP contribution in [0, 0.1) is 5.92 Å². The molecule has 5 nitrogen and oxygen atoms in total. The molecule has 1 fully saturated rings. The van der Waals surface area contributed by atoms with Crippen molar-refractivity contribution in [3.05, 3.63) is 24.3 Å². The van der Waals surface area contributed by atoms with Gasteiger partial charge in [0, 0.05) is 18.9 Å². The molecule has 1 aromatic carbocycles. The Labute approximate surface area is 119 Å². The molecule has 20 heavy (non-hydrogen) atoms. The molecule has 1 saturated heterocycles. The smallest absolute Gasteiger partial charge is 0.241 e. The number of carbonyl (C=O) groups excluding carboxylic acids is 1. The third-order valence-corrected chi connectivity index (χ3v) is 3.47. The quantitative estimate of drug-likeness (QED) is 0.777. The monoisotopic (exact) mass is 278 g/mol. The van der Waals surface area contributed by atoms with Crippen LogP contribution in [0.5, 0.6) is 5.75 Å². The Bertz CT molecular complexity index is 450. The van der Waals surface area contributed by atoms with E-state index < -0.39 is 0 Å². The number of rotatable bonds is 6. The van der Waals surface area contributed by atoms with Crippen molar-refractivity contribution < 1.29 is 14.3 Å². The van der Waals surface area contributed by atoms with Crippen molar-refractivity contribution in [2.24, 2.45) is 5.92 Å². The van der Waals surface area contributed by atoms with E-state index in [1.165, 1.54) is 0 Å². The number of carbonyl (C=O) groups is 1. The molecule has 2 atom stereocenters. The number of hydrogen-bond acceptors (Lipinski definition) is 4. The van der Waals surface area contributed by atoms with E-state index in [-0.39, 0.29) is 11.9 Å². The highest BCUT2D eigenvalue weighted by Gasteiger charge is 2.29. The van der Waals surface area contributed by atoms with Gasteiger partial charge in [0.25, 0.3) is 0 Å². The fourth-order valence-electron chi connectivity index (χ4n) is 2.31. The Morgan fingerprint density at radius 3 is 3.00 bits per heavy atom. The lowest BCUT2D eigenvalue weighted by atomic mass is 10.0. The average Bonchev–Trinajstić information content (AvgIpc) is 2.86. The zero-order valence-electron chi connectivity index (χ0n) is 12.0. The highest BCUT2D eigenvalue weighted by molar-refractivity contribution is 5.95. The minimum atomic E-state index is -0.104. The van der Waals surface area contributed by atoms with Gasteiger partial charge in [0.05, 0.1) is 12.6 Å². The van der Waals surface area contributed by atoms with Crippen molar-refractivity contribution in [3.8, 4) is 5.75 Å². The number of methoxy groups -OCH3 is 1. The molecule has 5 heteroatoms. The summed E-state index contributed by atoms with van der Waals surface area (Å²) in [6.07, 6.45) is 1.04. The van der Waals surface area contributed by atoms with E-state index in [4.69, 9.17) is 9.47 Å². The van der Waals surface area contributed by atoms with E-state index in [9.17, 15) is 4.79 Å². The molecule has 0 radical (unpaired) electrons. The average molecular weight is 278 g/mol. The van der Waals surface area contributed by atoms with E-state index in [0.29, 0.717) is 19.1 Å². The van der Waals surface area contributed by atoms with E-state index in [2.05, 4.69) is 17.6 Å². The van der Waals surface area contributed by atoms with Gasteiger partial charge in [0.2, 0.25) is 5.91 Å². The van der Waals surface area contributed by atoms with Crippen LogP contribution in [0.4, 0.5) is 5.69 Å². The molecule has 1 amide bonds. The second kappa shape index (κ2) is 7.26. The lowest BCUT2D eigenvalue weighted by molar-refractivity contribution is -0.118. The normalized spacial score (nSPS) is 21.7. The van der Waals surface area contributed by atoms with Crippen molar-refractivity contribution in [3.63, 3.8) is 0 Å². The molecule has 1 heterocycles. The van der Waals surface area contributed by atoms with Gasteiger partial charge in [0.15, 0.2) is 0 Å². The summed E-state index contributed by atoms with van der Waals surface area (Å²) in [4.78, 5) is 12.2. The first-order valence-electron chi connectivity index (χ1n) is 6.97. The third kappa shape index (κ3) is 3.95. The molecule has 1 aliphatic heterocycles. The van der Waals surface area contributed by atoms with Gasteiger partial charge in [-0.05, 0) is 31.0 Å². The van der Waals surface area contributed by atoms with Crippen LogP contribution in [0.25, 0.3) is 0 Å². The van der Waals surface area contributed by atoms with Gasteiger partial charge in [-0.1, -0.05) is 13.0 Å². The molecule has 1 aromatic rings. The lowest BCUT2D eigenvalue weighted by Crippen LogP contribution is -2.39. The van der Waals surface area contributed by atoms with Gasteiger partial charge in [-0.15, -0.1) is 0 Å². The predicted molar refractivity (Wildman–Crippen MR) is 78.0 cm³/mol. The maximum atomic E-state index is 12.2. The topological polar surface area (TPSA) is 59.6 Å². The molecule has 2 N–H and O–H groups in total. The number of benzene rings is 1. The number of hydrogen-bond donors (Lipinski definition) is 2. The van der Waals surface area contributed by atoms with Gasteiger partial charge in [-0.3, -0.25) is 4.79 Å². The van der Waals surface area contributed by atoms with Gasteiger partial charge < -0.3 is 20.1 Å². The number of anilines is 1. The molecule has 0 aliphatic carbocycles. The van der Waals surface area contributed by atoms with Gasteiger partial charge in [0.1, 0.15) is 12.4 Å². The fraction of sp³-hybridized carbons (Fsp3) is 0.533. The summed E-state index contributed by atoms with van der Waals surface area (Å²) < 4.78 is 10.5. The molecule has 110 valence electrons. The van der Waals surface area contributed by atoms with E-state index in [1.807, 2.05) is 24.3 Å². The standard InChI is InChI=1S/C15H22N2O3/c1-11-6-7-16-14(11)15(18)17-12-4-3-5-13(10-12)20-9-8-19-2/h3-5,10-11,14,16H,6-9H2,1-2H3,(H,17,18). The van der Waals surface area contributed by atoms with Crippen LogP contribution >= 0.6 is 0 Å². The fourth-order valence-corrected chi connectivity index (χ4v) is 2.31. The molecule has 0 spiro atoms. The molecule has 0 saturated carbocycles. The maximum absolute atomic E-state index is 12.2. The molecule has 2 unspecified atom stereocenters. The summed E-state index contributed by atoms with van der Waals surface area (Å²) in [5, 5.41) is 6.16. The summed E-state index contributed by atoms with van der Waals surface area (Å²) in [6.45, 7) is 4.03. The van der Waals surface area contributed by atoms with Crippen LogP contribution in [-0.4, -0.2) is 38.8 Å². The van der Waals surface area contributed by atoms with Crippen LogP contribution in [0.3, 0.4) is 0 Å². The highest BCUT2D eigenvalue weighted by atomic mass is 16.5. The van der Waals surface area contributed by atoms with Crippen molar-refractivity contribution in [1.82, 2.24) is 5.32 Å². The first kappa shape index (κ1) is 14.8. The van der Waals surface area contributed by atoms with Crippen LogP contribution in [-0.2, 0) is 9.53 Å². The van der Waals surface area contributed by atoms with Crippen LogP contribution in [0.15, 0.2) is 24.3 Å². The van der Waals surface area contributed by atoms with Gasteiger partial charge in [-0.2, -0.15) is 0 Å². The first-order chi connectivity index (χ1) is 9.70. The Kier molecular flexibility index (Phi) is 5.38. The highest BCUT2D eigenvalue weighted by Crippen LogP contribution is 2.20. The number of nitrogens with one attached hydrogen (secondary N) is 2. The molecule has 0 aromatic heterocycles. The largest absolute Gasteiger partial charge is 0.491 e. The van der Waals surface area contributed by atoms with Crippen molar-refractivity contribution >= 4 is 11.6 Å². The second-order valence-corrected chi connectivity index (χ2v) is 5.06. The predicted octanol–water partition coefficient (Wildman–Crippen LogP) is 1.65. The first-order valence-corrected chi connectivity index (χ1v) is 6.97. The molecular weight excluding hydrogens is 256 g/mol. The number of amides is 1. The van der Waals surface area contributed by atoms with Gasteiger partial charge >= 0.3 is 0 Å². The van der Waals surface area contributed by atoms with Crippen molar-refractivity contribution in [2.45, 2.75) is 19.4 Å². The molecular formula is C15H22N2O3. The van der Waals surface area contributed by atoms with Gasteiger partial charge in [-0.25, -0.2) is 0 Å². The van der Waals surface area contributed by atoms with Crippen LogP contribution in [0.1, 0.15) is 13.3 Å². The van der Waals surface area contributed by atoms with Crippen LogP contribution in [0.2, 0.25) is 0 Å². The zero-order valence-corrected chi connectivity index (χ0v) is 12.0. The molecule has 0 bridgehead atoms. The van der Waals surface area contributed by atoms with Crippen molar-refractivity contribution in [1.29, 1.82) is 0 Å². The lowest BCUT2D eigenvalue weighted by Gasteiger charge is -2.16. The Morgan fingerprint density at radius 2 is 2.30 bits per heavy atom. The van der Waals surface area contributed by atoms with Crippen LogP contribution < -0.4 is 15.4 Å². The van der Waals surface area contributed by atoms with E-state index >= 15 is 0 Å². The van der Waals surface area contributed by atoms with E-state index in [0.717, 1.165) is 24.4 Å². The molecule has 1 aliphatic rings. The Hall–Kier alpha value is -1.59. The maximum Gasteiger partial charge on any atom is 0.241 e. The summed E-state index contributed by atoms with van der Waals surface area (Å²) in [5.74, 6) is 1.12. The summed E-state index contributed by atoms with van der Waals surface area (Å²) in [5.41, 5.74) is 0.755. The zero-order chi connectivity index (χ0) is 14.4. The Morgan fingerprint density at radius 1 is 1.45 bits per heavy atom. The molecule has 2 rings (SSSR count). The summed E-state index contributed by atoms with van der Waals surface area (Å²) in [7, 11) is 1.63. The van der Waals surface area contributed by atoms with Crippen molar-refractivity contribution in [2.75, 3.05) is 32.2 Å². The minimum Gasteiger partial charge on any atom is -0.491 e.